The van der Waals surface area contributed by atoms with Gasteiger partial charge in [-0.05, 0) is 32.9 Å². The molecule has 0 atom stereocenters. The first-order valence-electron chi connectivity index (χ1n) is 5.45. The average Bonchev–Trinajstić information content (AvgIpc) is 2.26. The SMILES string of the molecule is COc1ccc(NS(=O)(=O)C(C)(C)C)cc1OC. The van der Waals surface area contributed by atoms with E-state index in [4.69, 9.17) is 9.47 Å². The van der Waals surface area contributed by atoms with Gasteiger partial charge in [0, 0.05) is 6.07 Å². The lowest BCUT2D eigenvalue weighted by Crippen LogP contribution is -2.33. The van der Waals surface area contributed by atoms with Crippen molar-refractivity contribution in [1.29, 1.82) is 0 Å². The Morgan fingerprint density at radius 1 is 1.06 bits per heavy atom. The summed E-state index contributed by atoms with van der Waals surface area (Å²) in [5, 5.41) is 0. The Balaban J connectivity index is 3.07. The lowest BCUT2D eigenvalue weighted by molar-refractivity contribution is 0.355. The van der Waals surface area contributed by atoms with Gasteiger partial charge < -0.3 is 9.47 Å². The minimum absolute atomic E-state index is 0.447. The third kappa shape index (κ3) is 3.07. The van der Waals surface area contributed by atoms with Crippen LogP contribution < -0.4 is 14.2 Å². The van der Waals surface area contributed by atoms with Gasteiger partial charge in [-0.1, -0.05) is 0 Å². The van der Waals surface area contributed by atoms with E-state index in [1.807, 2.05) is 0 Å². The predicted octanol–water partition coefficient (Wildman–Crippen LogP) is 2.24. The van der Waals surface area contributed by atoms with Gasteiger partial charge in [-0.15, -0.1) is 0 Å². The maximum atomic E-state index is 12.0. The van der Waals surface area contributed by atoms with Crippen molar-refractivity contribution in [2.45, 2.75) is 25.5 Å². The normalized spacial score (nSPS) is 12.1. The van der Waals surface area contributed by atoms with Crippen LogP contribution in [-0.2, 0) is 10.0 Å². The molecular formula is C12H19NO4S. The molecule has 0 saturated carbocycles. The molecule has 0 unspecified atom stereocenters. The van der Waals surface area contributed by atoms with Crippen molar-refractivity contribution in [3.8, 4) is 11.5 Å². The van der Waals surface area contributed by atoms with Crippen LogP contribution in [0, 0.1) is 0 Å². The third-order valence-electron chi connectivity index (χ3n) is 2.44. The molecular weight excluding hydrogens is 254 g/mol. The Hall–Kier alpha value is -1.43. The number of anilines is 1. The fourth-order valence-electron chi connectivity index (χ4n) is 1.21. The molecule has 0 aliphatic rings. The number of sulfonamides is 1. The van der Waals surface area contributed by atoms with Gasteiger partial charge in [-0.2, -0.15) is 0 Å². The lowest BCUT2D eigenvalue weighted by Gasteiger charge is -2.20. The van der Waals surface area contributed by atoms with Crippen molar-refractivity contribution in [3.63, 3.8) is 0 Å². The van der Waals surface area contributed by atoms with Gasteiger partial charge in [0.15, 0.2) is 11.5 Å². The smallest absolute Gasteiger partial charge is 0.237 e. The minimum atomic E-state index is -3.44. The fourth-order valence-corrected chi connectivity index (χ4v) is 1.95. The zero-order valence-electron chi connectivity index (χ0n) is 11.3. The summed E-state index contributed by atoms with van der Waals surface area (Å²) in [6.07, 6.45) is 0. The van der Waals surface area contributed by atoms with Crippen LogP contribution in [0.2, 0.25) is 0 Å². The van der Waals surface area contributed by atoms with Crippen molar-refractivity contribution in [1.82, 2.24) is 0 Å². The molecule has 0 bridgehead atoms. The fraction of sp³-hybridized carbons (Fsp3) is 0.500. The van der Waals surface area contributed by atoms with Gasteiger partial charge in [0.2, 0.25) is 10.0 Å². The maximum Gasteiger partial charge on any atom is 0.237 e. The van der Waals surface area contributed by atoms with Crippen LogP contribution in [-0.4, -0.2) is 27.4 Å². The third-order valence-corrected chi connectivity index (χ3v) is 4.56. The summed E-state index contributed by atoms with van der Waals surface area (Å²) in [6.45, 7) is 4.91. The van der Waals surface area contributed by atoms with Crippen LogP contribution in [0.3, 0.4) is 0 Å². The molecule has 0 aliphatic carbocycles. The van der Waals surface area contributed by atoms with Crippen molar-refractivity contribution in [2.75, 3.05) is 18.9 Å². The molecule has 1 N–H and O–H groups in total. The highest BCUT2D eigenvalue weighted by Crippen LogP contribution is 2.31. The highest BCUT2D eigenvalue weighted by atomic mass is 32.2. The van der Waals surface area contributed by atoms with E-state index < -0.39 is 14.8 Å². The molecule has 1 aromatic rings. The number of ether oxygens (including phenoxy) is 2. The van der Waals surface area contributed by atoms with Gasteiger partial charge in [0.1, 0.15) is 0 Å². The van der Waals surface area contributed by atoms with E-state index in [9.17, 15) is 8.42 Å². The van der Waals surface area contributed by atoms with E-state index in [1.165, 1.54) is 14.2 Å². The Labute approximate surface area is 108 Å². The minimum Gasteiger partial charge on any atom is -0.493 e. The van der Waals surface area contributed by atoms with Gasteiger partial charge in [-0.25, -0.2) is 8.42 Å². The van der Waals surface area contributed by atoms with Crippen molar-refractivity contribution >= 4 is 15.7 Å². The Morgan fingerprint density at radius 3 is 2.06 bits per heavy atom. The van der Waals surface area contributed by atoms with E-state index in [2.05, 4.69) is 4.72 Å². The Bertz CT molecular complexity index is 517. The second-order valence-corrected chi connectivity index (χ2v) is 7.22. The first-order valence-corrected chi connectivity index (χ1v) is 6.94. The summed E-state index contributed by atoms with van der Waals surface area (Å²) in [5.41, 5.74) is 0.447. The van der Waals surface area contributed by atoms with Gasteiger partial charge >= 0.3 is 0 Å². The van der Waals surface area contributed by atoms with E-state index in [0.717, 1.165) is 0 Å². The van der Waals surface area contributed by atoms with Gasteiger partial charge in [0.05, 0.1) is 24.7 Å². The zero-order chi connectivity index (χ0) is 14.0. The van der Waals surface area contributed by atoms with Crippen LogP contribution >= 0.6 is 0 Å². The van der Waals surface area contributed by atoms with E-state index >= 15 is 0 Å². The summed E-state index contributed by atoms with van der Waals surface area (Å²) in [5.74, 6) is 1.03. The largest absolute Gasteiger partial charge is 0.493 e. The van der Waals surface area contributed by atoms with Gasteiger partial charge in [-0.3, -0.25) is 4.72 Å². The number of methoxy groups -OCH3 is 2. The van der Waals surface area contributed by atoms with E-state index in [0.29, 0.717) is 17.2 Å². The van der Waals surface area contributed by atoms with E-state index in [1.54, 1.807) is 39.0 Å². The highest BCUT2D eigenvalue weighted by Gasteiger charge is 2.29. The van der Waals surface area contributed by atoms with E-state index in [-0.39, 0.29) is 0 Å². The number of hydrogen-bond donors (Lipinski definition) is 1. The lowest BCUT2D eigenvalue weighted by atomic mass is 10.3. The molecule has 0 heterocycles. The number of hydrogen-bond acceptors (Lipinski definition) is 4. The summed E-state index contributed by atoms with van der Waals surface area (Å²) >= 11 is 0. The summed E-state index contributed by atoms with van der Waals surface area (Å²) in [6, 6.07) is 4.87. The molecule has 1 rings (SSSR count). The van der Waals surface area contributed by atoms with Crippen LogP contribution in [0.15, 0.2) is 18.2 Å². The molecule has 0 saturated heterocycles. The molecule has 5 nitrogen and oxygen atoms in total. The standard InChI is InChI=1S/C12H19NO4S/c1-12(2,3)18(14,15)13-9-6-7-10(16-4)11(8-9)17-5/h6-8,13H,1-5H3. The van der Waals surface area contributed by atoms with Crippen molar-refractivity contribution in [2.24, 2.45) is 0 Å². The van der Waals surface area contributed by atoms with Crippen LogP contribution in [0.4, 0.5) is 5.69 Å². The molecule has 0 aromatic heterocycles. The summed E-state index contributed by atoms with van der Waals surface area (Å²) in [4.78, 5) is 0. The molecule has 0 spiro atoms. The summed E-state index contributed by atoms with van der Waals surface area (Å²) < 4.78 is 35.8. The Morgan fingerprint density at radius 2 is 1.61 bits per heavy atom. The number of benzene rings is 1. The number of nitrogens with one attached hydrogen (secondary N) is 1. The Kier molecular flexibility index (Phi) is 4.11. The zero-order valence-corrected chi connectivity index (χ0v) is 12.1. The van der Waals surface area contributed by atoms with Crippen LogP contribution in [0.1, 0.15) is 20.8 Å². The first kappa shape index (κ1) is 14.6. The predicted molar refractivity (Wildman–Crippen MR) is 71.8 cm³/mol. The molecule has 1 aromatic carbocycles. The first-order chi connectivity index (χ1) is 8.21. The maximum absolute atomic E-state index is 12.0. The quantitative estimate of drug-likeness (QED) is 0.913. The summed E-state index contributed by atoms with van der Waals surface area (Å²) in [7, 11) is -0.417. The molecule has 0 fully saturated rings. The highest BCUT2D eigenvalue weighted by molar-refractivity contribution is 7.94. The molecule has 0 aliphatic heterocycles. The van der Waals surface area contributed by atoms with Gasteiger partial charge in [0.25, 0.3) is 0 Å². The monoisotopic (exact) mass is 273 g/mol. The molecule has 6 heteroatoms. The topological polar surface area (TPSA) is 64.6 Å². The second-order valence-electron chi connectivity index (χ2n) is 4.79. The molecule has 102 valence electrons. The second kappa shape index (κ2) is 5.06. The molecule has 18 heavy (non-hydrogen) atoms. The molecule has 0 radical (unpaired) electrons. The molecule has 0 amide bonds. The van der Waals surface area contributed by atoms with Crippen molar-refractivity contribution < 1.29 is 17.9 Å². The van der Waals surface area contributed by atoms with Crippen molar-refractivity contribution in [3.05, 3.63) is 18.2 Å². The number of rotatable bonds is 4. The van der Waals surface area contributed by atoms with Crippen LogP contribution in [0.5, 0.6) is 11.5 Å². The van der Waals surface area contributed by atoms with Crippen LogP contribution in [0.25, 0.3) is 0 Å². The average molecular weight is 273 g/mol.